The Labute approximate surface area is 207 Å². The Morgan fingerprint density at radius 3 is 2.63 bits per heavy atom. The number of benzene rings is 2. The lowest BCUT2D eigenvalue weighted by atomic mass is 9.99. The summed E-state index contributed by atoms with van der Waals surface area (Å²) in [4.78, 5) is 28.6. The van der Waals surface area contributed by atoms with Gasteiger partial charge < -0.3 is 19.3 Å². The van der Waals surface area contributed by atoms with Gasteiger partial charge in [-0.15, -0.1) is 11.3 Å². The van der Waals surface area contributed by atoms with Crippen molar-refractivity contribution in [2.24, 2.45) is 0 Å². The first-order valence-electron chi connectivity index (χ1n) is 11.6. The van der Waals surface area contributed by atoms with Crippen LogP contribution in [-0.2, 0) is 9.59 Å². The highest BCUT2D eigenvalue weighted by atomic mass is 32.1. The summed E-state index contributed by atoms with van der Waals surface area (Å²) < 4.78 is 16.6. The number of fused-ring (bicyclic) bond motifs is 1. The van der Waals surface area contributed by atoms with Gasteiger partial charge in [0, 0.05) is 22.2 Å². The van der Waals surface area contributed by atoms with Crippen molar-refractivity contribution in [1.82, 2.24) is 0 Å². The summed E-state index contributed by atoms with van der Waals surface area (Å²) >= 11 is 1.41. The molecule has 0 bridgehead atoms. The molecule has 3 heterocycles. The first kappa shape index (κ1) is 23.0. The second kappa shape index (κ2) is 9.84. The number of carbonyl (C=O) groups is 2. The zero-order chi connectivity index (χ0) is 24.4. The molecule has 0 aliphatic carbocycles. The standard InChI is InChI=1S/C27H25NO6S/c1-2-3-4-13-32-19-10-7-17(8-11-19)25(29)23-24(22-6-5-14-35-22)28(27(31)26(23)30)18-9-12-20-21(15-18)34-16-33-20/h5-12,14-15,24,29H,2-4,13,16H2,1H3/b25-23-. The fourth-order valence-corrected chi connectivity index (χ4v) is 5.08. The maximum absolute atomic E-state index is 13.2. The van der Waals surface area contributed by atoms with Crippen LogP contribution in [0.3, 0.4) is 0 Å². The molecule has 0 saturated carbocycles. The normalized spacial score (nSPS) is 18.3. The van der Waals surface area contributed by atoms with Gasteiger partial charge in [-0.05, 0) is 54.3 Å². The average Bonchev–Trinajstić information content (AvgIpc) is 3.62. The lowest BCUT2D eigenvalue weighted by molar-refractivity contribution is -0.132. The molecule has 1 aromatic heterocycles. The first-order chi connectivity index (χ1) is 17.1. The number of Topliss-reactive ketones (excluding diaryl/α,β-unsaturated/α-hetero) is 1. The number of ether oxygens (including phenoxy) is 3. The number of anilines is 1. The second-order valence-electron chi connectivity index (χ2n) is 8.30. The minimum atomic E-state index is -0.764. The lowest BCUT2D eigenvalue weighted by Crippen LogP contribution is -2.29. The van der Waals surface area contributed by atoms with Gasteiger partial charge in [0.15, 0.2) is 11.5 Å². The molecule has 0 radical (unpaired) electrons. The van der Waals surface area contributed by atoms with E-state index in [1.807, 2.05) is 17.5 Å². The van der Waals surface area contributed by atoms with Crippen LogP contribution in [0.2, 0.25) is 0 Å². The number of amides is 1. The molecule has 2 aliphatic rings. The number of carbonyl (C=O) groups excluding carboxylic acids is 2. The Balaban J connectivity index is 1.51. The Hall–Kier alpha value is -3.78. The minimum Gasteiger partial charge on any atom is -0.507 e. The Bertz CT molecular complexity index is 1270. The Morgan fingerprint density at radius 2 is 1.89 bits per heavy atom. The van der Waals surface area contributed by atoms with Gasteiger partial charge in [-0.25, -0.2) is 0 Å². The summed E-state index contributed by atoms with van der Waals surface area (Å²) in [6.45, 7) is 2.86. The summed E-state index contributed by atoms with van der Waals surface area (Å²) in [7, 11) is 0. The van der Waals surface area contributed by atoms with E-state index in [4.69, 9.17) is 14.2 Å². The van der Waals surface area contributed by atoms with Crippen LogP contribution < -0.4 is 19.1 Å². The second-order valence-corrected chi connectivity index (χ2v) is 9.28. The highest BCUT2D eigenvalue weighted by Crippen LogP contribution is 2.45. The third kappa shape index (κ3) is 4.37. The van der Waals surface area contributed by atoms with E-state index in [-0.39, 0.29) is 18.1 Å². The molecule has 2 aromatic carbocycles. The molecule has 7 nitrogen and oxygen atoms in total. The number of hydrogen-bond donors (Lipinski definition) is 1. The molecule has 1 amide bonds. The number of hydrogen-bond acceptors (Lipinski definition) is 7. The molecule has 0 spiro atoms. The molecule has 1 atom stereocenters. The van der Waals surface area contributed by atoms with Gasteiger partial charge in [0.05, 0.1) is 12.2 Å². The minimum absolute atomic E-state index is 0.0479. The van der Waals surface area contributed by atoms with E-state index in [0.717, 1.165) is 24.1 Å². The van der Waals surface area contributed by atoms with Crippen LogP contribution in [0.5, 0.6) is 17.2 Å². The van der Waals surface area contributed by atoms with E-state index in [1.54, 1.807) is 42.5 Å². The van der Waals surface area contributed by atoms with E-state index in [9.17, 15) is 14.7 Å². The number of nitrogens with zero attached hydrogens (tertiary/aromatic N) is 1. The van der Waals surface area contributed by atoms with Crippen molar-refractivity contribution in [3.8, 4) is 17.2 Å². The number of aliphatic hydroxyl groups excluding tert-OH is 1. The van der Waals surface area contributed by atoms with Crippen molar-refractivity contribution in [3.63, 3.8) is 0 Å². The van der Waals surface area contributed by atoms with Gasteiger partial charge in [-0.2, -0.15) is 0 Å². The molecule has 5 rings (SSSR count). The first-order valence-corrected chi connectivity index (χ1v) is 12.4. The lowest BCUT2D eigenvalue weighted by Gasteiger charge is -2.24. The van der Waals surface area contributed by atoms with E-state index < -0.39 is 17.7 Å². The van der Waals surface area contributed by atoms with E-state index in [0.29, 0.717) is 35.1 Å². The van der Waals surface area contributed by atoms with Crippen LogP contribution in [0.1, 0.15) is 42.7 Å². The Morgan fingerprint density at radius 1 is 1.09 bits per heavy atom. The fourth-order valence-electron chi connectivity index (χ4n) is 4.26. The quantitative estimate of drug-likeness (QED) is 0.189. The van der Waals surface area contributed by atoms with Gasteiger partial charge in [0.25, 0.3) is 11.7 Å². The molecule has 1 saturated heterocycles. The molecule has 180 valence electrons. The summed E-state index contributed by atoms with van der Waals surface area (Å²) in [5.74, 6) is 0.104. The third-order valence-corrected chi connectivity index (χ3v) is 6.96. The van der Waals surface area contributed by atoms with Crippen molar-refractivity contribution < 1.29 is 28.9 Å². The molecule has 1 fully saturated rings. The number of unbranched alkanes of at least 4 members (excludes halogenated alkanes) is 2. The molecule has 2 aliphatic heterocycles. The molecular formula is C27H25NO6S. The molecule has 1 unspecified atom stereocenters. The molecular weight excluding hydrogens is 466 g/mol. The van der Waals surface area contributed by atoms with E-state index in [1.165, 1.54) is 16.2 Å². The average molecular weight is 492 g/mol. The highest BCUT2D eigenvalue weighted by molar-refractivity contribution is 7.10. The molecule has 1 N–H and O–H groups in total. The van der Waals surface area contributed by atoms with Crippen molar-refractivity contribution in [1.29, 1.82) is 0 Å². The van der Waals surface area contributed by atoms with Gasteiger partial charge in [-0.3, -0.25) is 14.5 Å². The molecule has 8 heteroatoms. The predicted octanol–water partition coefficient (Wildman–Crippen LogP) is 5.67. The third-order valence-electron chi connectivity index (χ3n) is 6.04. The topological polar surface area (TPSA) is 85.3 Å². The smallest absolute Gasteiger partial charge is 0.300 e. The summed E-state index contributed by atoms with van der Waals surface area (Å²) in [6, 6.07) is 15.0. The van der Waals surface area contributed by atoms with Crippen molar-refractivity contribution in [2.75, 3.05) is 18.3 Å². The fraction of sp³-hybridized carbons (Fsp3) is 0.259. The Kier molecular flexibility index (Phi) is 6.46. The summed E-state index contributed by atoms with van der Waals surface area (Å²) in [6.07, 6.45) is 3.19. The number of aliphatic hydroxyl groups is 1. The maximum Gasteiger partial charge on any atom is 0.300 e. The van der Waals surface area contributed by atoms with E-state index in [2.05, 4.69) is 6.92 Å². The van der Waals surface area contributed by atoms with Crippen molar-refractivity contribution in [2.45, 2.75) is 32.2 Å². The van der Waals surface area contributed by atoms with Gasteiger partial charge in [0.2, 0.25) is 6.79 Å². The summed E-state index contributed by atoms with van der Waals surface area (Å²) in [5.41, 5.74) is 0.979. The van der Waals surface area contributed by atoms with Gasteiger partial charge in [0.1, 0.15) is 17.6 Å². The largest absolute Gasteiger partial charge is 0.507 e. The molecule has 35 heavy (non-hydrogen) atoms. The van der Waals surface area contributed by atoms with E-state index >= 15 is 0 Å². The zero-order valence-corrected chi connectivity index (χ0v) is 20.0. The van der Waals surface area contributed by atoms with Crippen molar-refractivity contribution >= 4 is 34.5 Å². The monoisotopic (exact) mass is 491 g/mol. The highest BCUT2D eigenvalue weighted by Gasteiger charge is 2.47. The predicted molar refractivity (Wildman–Crippen MR) is 133 cm³/mol. The van der Waals surface area contributed by atoms with Crippen LogP contribution in [0.25, 0.3) is 5.76 Å². The van der Waals surface area contributed by atoms with Gasteiger partial charge in [-0.1, -0.05) is 25.8 Å². The SMILES string of the molecule is CCCCCOc1ccc(/C(O)=C2/C(=O)C(=O)N(c3ccc4c(c3)OCO4)C2c2cccs2)cc1. The number of ketones is 1. The number of thiophene rings is 1. The maximum atomic E-state index is 13.2. The van der Waals surface area contributed by atoms with Crippen LogP contribution in [-0.4, -0.2) is 30.2 Å². The van der Waals surface area contributed by atoms with Gasteiger partial charge >= 0.3 is 0 Å². The van der Waals surface area contributed by atoms with Crippen LogP contribution in [0.4, 0.5) is 5.69 Å². The van der Waals surface area contributed by atoms with Crippen LogP contribution in [0, 0.1) is 0 Å². The van der Waals surface area contributed by atoms with Crippen LogP contribution >= 0.6 is 11.3 Å². The zero-order valence-electron chi connectivity index (χ0n) is 19.2. The number of rotatable bonds is 8. The van der Waals surface area contributed by atoms with Crippen molar-refractivity contribution in [3.05, 3.63) is 76.0 Å². The summed E-state index contributed by atoms with van der Waals surface area (Å²) in [5, 5.41) is 13.1. The van der Waals surface area contributed by atoms with Crippen LogP contribution in [0.15, 0.2) is 65.6 Å². The molecule has 3 aromatic rings.